The number of nitrogens with zero attached hydrogens (tertiary/aromatic N) is 1. The van der Waals surface area contributed by atoms with E-state index in [-0.39, 0.29) is 18.7 Å². The Bertz CT molecular complexity index is 478. The highest BCUT2D eigenvalue weighted by Crippen LogP contribution is 2.27. The van der Waals surface area contributed by atoms with Crippen molar-refractivity contribution in [3.63, 3.8) is 0 Å². The Balaban J connectivity index is 2.24. The lowest BCUT2D eigenvalue weighted by molar-refractivity contribution is -0.0453. The number of carboxylic acid groups (broad SMARTS) is 1. The summed E-state index contributed by atoms with van der Waals surface area (Å²) in [5.74, 6) is -1.25. The number of ether oxygens (including phenoxy) is 1. The van der Waals surface area contributed by atoms with Crippen LogP contribution in [0.15, 0.2) is 11.0 Å². The second-order valence-electron chi connectivity index (χ2n) is 3.80. The zero-order valence-corrected chi connectivity index (χ0v) is 8.74. The molecule has 3 atom stereocenters. The number of aromatic carboxylic acids is 1. The van der Waals surface area contributed by atoms with Gasteiger partial charge in [0, 0.05) is 12.6 Å². The van der Waals surface area contributed by atoms with Crippen molar-refractivity contribution in [3.05, 3.63) is 22.4 Å². The average Bonchev–Trinajstić information content (AvgIpc) is 2.81. The van der Waals surface area contributed by atoms with Gasteiger partial charge in [0.2, 0.25) is 0 Å². The largest absolute Gasteiger partial charge is 0.477 e. The highest BCUT2D eigenvalue weighted by Gasteiger charge is 2.35. The minimum absolute atomic E-state index is 0.127. The molecule has 8 nitrogen and oxygen atoms in total. The van der Waals surface area contributed by atoms with Gasteiger partial charge in [-0.3, -0.25) is 9.55 Å². The predicted molar refractivity (Wildman–Crippen MR) is 53.6 cm³/mol. The van der Waals surface area contributed by atoms with Crippen LogP contribution in [0.1, 0.15) is 23.1 Å². The number of hydrogen-bond acceptors (Lipinski definition) is 5. The van der Waals surface area contributed by atoms with Gasteiger partial charge in [-0.25, -0.2) is 9.59 Å². The molecule has 0 aliphatic carbocycles. The molecule has 1 aliphatic rings. The van der Waals surface area contributed by atoms with Crippen molar-refractivity contribution in [2.75, 3.05) is 6.61 Å². The van der Waals surface area contributed by atoms with Gasteiger partial charge < -0.3 is 20.1 Å². The van der Waals surface area contributed by atoms with Crippen LogP contribution in [0.4, 0.5) is 0 Å². The zero-order chi connectivity index (χ0) is 12.6. The average molecular weight is 244 g/mol. The standard InChI is InChI=1S/C9H12N2O6/c12-3-6-5(13)1-7(17-6)11-2-4(8(14)15)10-9(11)16/h2,5-7,12-13H,1,3H2,(H,10,16)(H,14,15)/t5-,6+,7+/m0/s1. The molecular formula is C9H12N2O6. The number of hydrogen-bond donors (Lipinski definition) is 4. The fourth-order valence-corrected chi connectivity index (χ4v) is 1.78. The van der Waals surface area contributed by atoms with Crippen LogP contribution in [0.5, 0.6) is 0 Å². The van der Waals surface area contributed by atoms with Gasteiger partial charge in [0.25, 0.3) is 0 Å². The van der Waals surface area contributed by atoms with Crippen LogP contribution in [0.3, 0.4) is 0 Å². The Morgan fingerprint density at radius 3 is 2.82 bits per heavy atom. The number of carbonyl (C=O) groups is 1. The molecule has 0 aromatic carbocycles. The van der Waals surface area contributed by atoms with Crippen LogP contribution in [-0.4, -0.2) is 49.7 Å². The smallest absolute Gasteiger partial charge is 0.353 e. The molecule has 0 radical (unpaired) electrons. The molecule has 1 aliphatic heterocycles. The van der Waals surface area contributed by atoms with Crippen molar-refractivity contribution in [1.29, 1.82) is 0 Å². The molecule has 0 bridgehead atoms. The maximum atomic E-state index is 11.5. The molecule has 1 fully saturated rings. The Morgan fingerprint density at radius 2 is 2.35 bits per heavy atom. The van der Waals surface area contributed by atoms with E-state index in [1.54, 1.807) is 0 Å². The topological polar surface area (TPSA) is 125 Å². The van der Waals surface area contributed by atoms with Crippen molar-refractivity contribution in [3.8, 4) is 0 Å². The van der Waals surface area contributed by atoms with E-state index < -0.39 is 30.1 Å². The molecule has 0 spiro atoms. The molecule has 2 heterocycles. The number of H-pyrrole nitrogens is 1. The number of aromatic amines is 1. The quantitative estimate of drug-likeness (QED) is 0.513. The number of rotatable bonds is 3. The molecule has 0 unspecified atom stereocenters. The van der Waals surface area contributed by atoms with Crippen molar-refractivity contribution in [2.45, 2.75) is 24.9 Å². The van der Waals surface area contributed by atoms with Crippen LogP contribution in [0, 0.1) is 0 Å². The third kappa shape index (κ3) is 2.09. The van der Waals surface area contributed by atoms with E-state index in [1.807, 2.05) is 0 Å². The van der Waals surface area contributed by atoms with Gasteiger partial charge in [-0.1, -0.05) is 0 Å². The second kappa shape index (κ2) is 4.32. The number of nitrogens with one attached hydrogen (secondary N) is 1. The summed E-state index contributed by atoms with van der Waals surface area (Å²) in [5.41, 5.74) is -0.876. The summed E-state index contributed by atoms with van der Waals surface area (Å²) in [6.45, 7) is -0.359. The first-order valence-electron chi connectivity index (χ1n) is 5.01. The summed E-state index contributed by atoms with van der Waals surface area (Å²) in [4.78, 5) is 24.3. The van der Waals surface area contributed by atoms with E-state index in [0.29, 0.717) is 0 Å². The Hall–Kier alpha value is -1.64. The molecule has 1 saturated heterocycles. The number of imidazole rings is 1. The summed E-state index contributed by atoms with van der Waals surface area (Å²) >= 11 is 0. The summed E-state index contributed by atoms with van der Waals surface area (Å²) in [7, 11) is 0. The van der Waals surface area contributed by atoms with Gasteiger partial charge in [0.05, 0.1) is 12.7 Å². The van der Waals surface area contributed by atoms with Crippen LogP contribution >= 0.6 is 0 Å². The third-order valence-corrected chi connectivity index (χ3v) is 2.67. The van der Waals surface area contributed by atoms with Gasteiger partial charge in [-0.05, 0) is 0 Å². The van der Waals surface area contributed by atoms with E-state index in [1.165, 1.54) is 0 Å². The Morgan fingerprint density at radius 1 is 1.65 bits per heavy atom. The Labute approximate surface area is 95.1 Å². The maximum absolute atomic E-state index is 11.5. The minimum atomic E-state index is -1.25. The van der Waals surface area contributed by atoms with E-state index in [0.717, 1.165) is 10.8 Å². The fraction of sp³-hybridized carbons (Fsp3) is 0.556. The van der Waals surface area contributed by atoms with Crippen molar-refractivity contribution in [1.82, 2.24) is 9.55 Å². The molecule has 17 heavy (non-hydrogen) atoms. The van der Waals surface area contributed by atoms with Crippen LogP contribution < -0.4 is 5.69 Å². The number of aliphatic hydroxyl groups is 2. The van der Waals surface area contributed by atoms with Crippen molar-refractivity contribution >= 4 is 5.97 Å². The van der Waals surface area contributed by atoms with Gasteiger partial charge in [0.1, 0.15) is 18.0 Å². The van der Waals surface area contributed by atoms with E-state index >= 15 is 0 Å². The van der Waals surface area contributed by atoms with E-state index in [4.69, 9.17) is 14.9 Å². The van der Waals surface area contributed by atoms with Crippen LogP contribution in [0.2, 0.25) is 0 Å². The molecule has 94 valence electrons. The number of carboxylic acids is 1. The van der Waals surface area contributed by atoms with E-state index in [2.05, 4.69) is 4.98 Å². The first kappa shape index (κ1) is 11.8. The van der Waals surface area contributed by atoms with Gasteiger partial charge in [0.15, 0.2) is 0 Å². The fourth-order valence-electron chi connectivity index (χ4n) is 1.78. The molecule has 2 rings (SSSR count). The maximum Gasteiger partial charge on any atom is 0.353 e. The van der Waals surface area contributed by atoms with Gasteiger partial charge >= 0.3 is 11.7 Å². The molecule has 1 aromatic rings. The van der Waals surface area contributed by atoms with Crippen molar-refractivity contribution < 1.29 is 24.9 Å². The van der Waals surface area contributed by atoms with Gasteiger partial charge in [-0.2, -0.15) is 0 Å². The molecule has 0 saturated carbocycles. The number of aromatic nitrogens is 2. The monoisotopic (exact) mass is 244 g/mol. The molecule has 8 heteroatoms. The van der Waals surface area contributed by atoms with Crippen molar-refractivity contribution in [2.24, 2.45) is 0 Å². The zero-order valence-electron chi connectivity index (χ0n) is 8.74. The second-order valence-corrected chi connectivity index (χ2v) is 3.80. The SMILES string of the molecule is O=C(O)c1cn([C@H]2C[C@H](O)[C@@H](CO)O2)c(=O)[nH]1. The lowest BCUT2D eigenvalue weighted by atomic mass is 10.2. The normalized spacial score (nSPS) is 28.5. The summed E-state index contributed by atoms with van der Waals surface area (Å²) in [6, 6.07) is 0. The molecule has 0 amide bonds. The lowest BCUT2D eigenvalue weighted by Crippen LogP contribution is -2.25. The number of aliphatic hydroxyl groups excluding tert-OH is 2. The van der Waals surface area contributed by atoms with Crippen LogP contribution in [0.25, 0.3) is 0 Å². The Kier molecular flexibility index (Phi) is 3.01. The molecule has 1 aromatic heterocycles. The molecular weight excluding hydrogens is 232 g/mol. The van der Waals surface area contributed by atoms with Crippen LogP contribution in [-0.2, 0) is 4.74 Å². The highest BCUT2D eigenvalue weighted by atomic mass is 16.5. The highest BCUT2D eigenvalue weighted by molar-refractivity contribution is 5.84. The summed E-state index contributed by atoms with van der Waals surface area (Å²) in [6.07, 6.45) is -1.15. The summed E-state index contributed by atoms with van der Waals surface area (Å²) < 4.78 is 6.29. The first-order valence-corrected chi connectivity index (χ1v) is 5.01. The van der Waals surface area contributed by atoms with E-state index in [9.17, 15) is 14.7 Å². The molecule has 4 N–H and O–H groups in total. The lowest BCUT2D eigenvalue weighted by Gasteiger charge is -2.11. The summed E-state index contributed by atoms with van der Waals surface area (Å²) in [5, 5.41) is 27.1. The van der Waals surface area contributed by atoms with Gasteiger partial charge in [-0.15, -0.1) is 0 Å². The minimum Gasteiger partial charge on any atom is -0.477 e. The predicted octanol–water partition coefficient (Wildman–Crippen LogP) is -1.48. The first-order chi connectivity index (χ1) is 8.02. The third-order valence-electron chi connectivity index (χ3n) is 2.67.